The number of benzene rings is 1. The second-order valence-corrected chi connectivity index (χ2v) is 10.4. The molecule has 1 aliphatic carbocycles. The highest BCUT2D eigenvalue weighted by molar-refractivity contribution is 7.99. The molecular weight excluding hydrogens is 470 g/mol. The van der Waals surface area contributed by atoms with Crippen molar-refractivity contribution < 1.29 is 14.3 Å². The number of rotatable bonds is 4. The maximum Gasteiger partial charge on any atom is 0.235 e. The van der Waals surface area contributed by atoms with Crippen molar-refractivity contribution in [2.24, 2.45) is 0 Å². The van der Waals surface area contributed by atoms with E-state index in [4.69, 9.17) is 9.47 Å². The minimum Gasteiger partial charge on any atom is -0.486 e. The van der Waals surface area contributed by atoms with Gasteiger partial charge in [0.15, 0.2) is 22.3 Å². The zero-order valence-corrected chi connectivity index (χ0v) is 20.1. The van der Waals surface area contributed by atoms with Crippen molar-refractivity contribution in [3.63, 3.8) is 0 Å². The van der Waals surface area contributed by atoms with Gasteiger partial charge >= 0.3 is 0 Å². The van der Waals surface area contributed by atoms with Crippen LogP contribution >= 0.6 is 23.1 Å². The fraction of sp³-hybridized carbons (Fsp3) is 0.333. The molecule has 4 aromatic rings. The van der Waals surface area contributed by atoms with Crippen molar-refractivity contribution >= 4 is 50.6 Å². The molecule has 34 heavy (non-hydrogen) atoms. The number of anilines is 1. The molecule has 0 bridgehead atoms. The topological polar surface area (TPSA) is 102 Å². The highest BCUT2D eigenvalue weighted by atomic mass is 32.2. The van der Waals surface area contributed by atoms with Gasteiger partial charge in [-0.3, -0.25) is 9.20 Å². The van der Waals surface area contributed by atoms with Crippen molar-refractivity contribution in [1.29, 1.82) is 5.26 Å². The van der Waals surface area contributed by atoms with Gasteiger partial charge in [0, 0.05) is 16.3 Å². The third-order valence-corrected chi connectivity index (χ3v) is 8.30. The van der Waals surface area contributed by atoms with Crippen LogP contribution in [0.5, 0.6) is 11.5 Å². The minimum absolute atomic E-state index is 0.161. The Kier molecular flexibility index (Phi) is 5.31. The zero-order chi connectivity index (χ0) is 23.2. The van der Waals surface area contributed by atoms with Crippen LogP contribution < -0.4 is 14.8 Å². The molecule has 0 unspecified atom stereocenters. The van der Waals surface area contributed by atoms with Crippen LogP contribution in [0.15, 0.2) is 23.4 Å². The first-order valence-corrected chi connectivity index (χ1v) is 13.0. The molecule has 0 radical (unpaired) electrons. The van der Waals surface area contributed by atoms with Crippen molar-refractivity contribution in [2.75, 3.05) is 24.3 Å². The Balaban J connectivity index is 1.28. The summed E-state index contributed by atoms with van der Waals surface area (Å²) in [4.78, 5) is 14.0. The molecule has 0 atom stereocenters. The minimum atomic E-state index is -0.164. The van der Waals surface area contributed by atoms with Gasteiger partial charge < -0.3 is 14.8 Å². The Morgan fingerprint density at radius 1 is 1.21 bits per heavy atom. The molecule has 0 spiro atoms. The molecule has 10 heteroatoms. The molecule has 8 nitrogen and oxygen atoms in total. The molecule has 172 valence electrons. The van der Waals surface area contributed by atoms with Crippen LogP contribution in [0.4, 0.5) is 5.00 Å². The molecule has 0 fully saturated rings. The number of hydrogen-bond donors (Lipinski definition) is 1. The smallest absolute Gasteiger partial charge is 0.235 e. The van der Waals surface area contributed by atoms with E-state index in [0.29, 0.717) is 34.7 Å². The number of carbonyl (C=O) groups is 1. The van der Waals surface area contributed by atoms with Gasteiger partial charge in [-0.05, 0) is 55.9 Å². The van der Waals surface area contributed by atoms with E-state index in [2.05, 4.69) is 27.6 Å². The molecular formula is C24H21N5O3S2. The molecule has 2 aliphatic rings. The number of ether oxygens (including phenoxy) is 2. The monoisotopic (exact) mass is 491 g/mol. The number of nitriles is 1. The van der Waals surface area contributed by atoms with E-state index in [1.165, 1.54) is 28.0 Å². The van der Waals surface area contributed by atoms with Gasteiger partial charge in [0.1, 0.15) is 24.3 Å². The Bertz CT molecular complexity index is 1500. The van der Waals surface area contributed by atoms with Gasteiger partial charge in [0.25, 0.3) is 0 Å². The number of pyridine rings is 1. The third-order valence-electron chi connectivity index (χ3n) is 6.16. The lowest BCUT2D eigenvalue weighted by Crippen LogP contribution is -2.15. The van der Waals surface area contributed by atoms with Crippen molar-refractivity contribution in [1.82, 2.24) is 14.6 Å². The number of hydrogen-bond acceptors (Lipinski definition) is 8. The Hall–Kier alpha value is -3.29. The predicted molar refractivity (Wildman–Crippen MR) is 131 cm³/mol. The van der Waals surface area contributed by atoms with Crippen LogP contribution in [0, 0.1) is 18.3 Å². The molecule has 1 amide bonds. The number of thiophene rings is 1. The molecule has 0 saturated heterocycles. The lowest BCUT2D eigenvalue weighted by molar-refractivity contribution is -0.113. The SMILES string of the molecule is Cc1cc2cc3c(cc2n2c(SCC(=O)Nc4sc5c(c4C#N)CCCC5)nnc12)OCCO3. The van der Waals surface area contributed by atoms with Gasteiger partial charge in [-0.1, -0.05) is 11.8 Å². The first-order valence-electron chi connectivity index (χ1n) is 11.2. The second kappa shape index (κ2) is 8.49. The summed E-state index contributed by atoms with van der Waals surface area (Å²) in [6, 6.07) is 8.27. The fourth-order valence-corrected chi connectivity index (χ4v) is 6.60. The number of fused-ring (bicyclic) bond motifs is 5. The van der Waals surface area contributed by atoms with Crippen LogP contribution in [0.3, 0.4) is 0 Å². The zero-order valence-electron chi connectivity index (χ0n) is 18.5. The first-order chi connectivity index (χ1) is 16.6. The summed E-state index contributed by atoms with van der Waals surface area (Å²) in [5.41, 5.74) is 4.36. The summed E-state index contributed by atoms with van der Waals surface area (Å²) in [7, 11) is 0. The Labute approximate surface area is 203 Å². The van der Waals surface area contributed by atoms with Crippen LogP contribution in [0.25, 0.3) is 16.6 Å². The lowest BCUT2D eigenvalue weighted by Gasteiger charge is -2.19. The molecule has 1 aliphatic heterocycles. The number of nitrogens with zero attached hydrogens (tertiary/aromatic N) is 4. The average molecular weight is 492 g/mol. The summed E-state index contributed by atoms with van der Waals surface area (Å²) in [6.07, 6.45) is 4.12. The standard InChI is InChI=1S/C24H21N5O3S2/c1-13-8-14-9-18-19(32-7-6-31-18)10-17(14)29-22(13)27-28-24(29)33-12-21(30)26-23-16(11-25)15-4-2-3-5-20(15)34-23/h8-10H,2-7,12H2,1H3,(H,26,30). The highest BCUT2D eigenvalue weighted by Gasteiger charge is 2.23. The van der Waals surface area contributed by atoms with E-state index in [1.807, 2.05) is 23.5 Å². The summed E-state index contributed by atoms with van der Waals surface area (Å²) < 4.78 is 13.5. The van der Waals surface area contributed by atoms with Crippen LogP contribution in [0.1, 0.15) is 34.4 Å². The van der Waals surface area contributed by atoms with E-state index in [-0.39, 0.29) is 11.7 Å². The van der Waals surface area contributed by atoms with Crippen molar-refractivity contribution in [3.05, 3.63) is 39.8 Å². The predicted octanol–water partition coefficient (Wildman–Crippen LogP) is 4.50. The van der Waals surface area contributed by atoms with E-state index >= 15 is 0 Å². The van der Waals surface area contributed by atoms with Gasteiger partial charge in [-0.2, -0.15) is 5.26 Å². The van der Waals surface area contributed by atoms with Crippen molar-refractivity contribution in [2.45, 2.75) is 37.8 Å². The van der Waals surface area contributed by atoms with Gasteiger partial charge in [-0.15, -0.1) is 21.5 Å². The summed E-state index contributed by atoms with van der Waals surface area (Å²) >= 11 is 2.86. The number of aryl methyl sites for hydroxylation is 2. The molecule has 0 saturated carbocycles. The normalized spacial score (nSPS) is 14.7. The third kappa shape index (κ3) is 3.56. The fourth-order valence-electron chi connectivity index (χ4n) is 4.60. The number of thioether (sulfide) groups is 1. The molecule has 6 rings (SSSR count). The van der Waals surface area contributed by atoms with E-state index < -0.39 is 0 Å². The number of amides is 1. The summed E-state index contributed by atoms with van der Waals surface area (Å²) in [6.45, 7) is 3.03. The maximum atomic E-state index is 12.8. The molecule has 4 heterocycles. The molecule has 1 aromatic carbocycles. The van der Waals surface area contributed by atoms with E-state index in [0.717, 1.165) is 59.1 Å². The van der Waals surface area contributed by atoms with Crippen LogP contribution in [0.2, 0.25) is 0 Å². The van der Waals surface area contributed by atoms with Gasteiger partial charge in [0.2, 0.25) is 5.91 Å². The summed E-state index contributed by atoms with van der Waals surface area (Å²) in [5, 5.41) is 23.6. The highest BCUT2D eigenvalue weighted by Crippen LogP contribution is 2.38. The average Bonchev–Trinajstić information content (AvgIpc) is 3.43. The largest absolute Gasteiger partial charge is 0.486 e. The number of nitrogens with one attached hydrogen (secondary N) is 1. The van der Waals surface area contributed by atoms with Crippen LogP contribution in [-0.2, 0) is 17.6 Å². The van der Waals surface area contributed by atoms with Gasteiger partial charge in [-0.25, -0.2) is 0 Å². The maximum absolute atomic E-state index is 12.8. The number of aromatic nitrogens is 3. The molecule has 3 aromatic heterocycles. The number of carbonyl (C=O) groups excluding carboxylic acids is 1. The Morgan fingerprint density at radius 2 is 2.00 bits per heavy atom. The van der Waals surface area contributed by atoms with Crippen LogP contribution in [-0.4, -0.2) is 39.5 Å². The quantitative estimate of drug-likeness (QED) is 0.419. The summed E-state index contributed by atoms with van der Waals surface area (Å²) in [5.74, 6) is 1.42. The molecule has 1 N–H and O–H groups in total. The Morgan fingerprint density at radius 3 is 2.82 bits per heavy atom. The van der Waals surface area contributed by atoms with E-state index in [1.54, 1.807) is 0 Å². The van der Waals surface area contributed by atoms with E-state index in [9.17, 15) is 10.1 Å². The van der Waals surface area contributed by atoms with Crippen molar-refractivity contribution in [3.8, 4) is 17.6 Å². The first kappa shape index (κ1) is 21.3. The lowest BCUT2D eigenvalue weighted by atomic mass is 9.96. The second-order valence-electron chi connectivity index (χ2n) is 8.39. The van der Waals surface area contributed by atoms with Gasteiger partial charge in [0.05, 0.1) is 16.8 Å².